The molecule has 4 aromatic rings. The molecule has 1 heterocycles. The largest absolute Gasteiger partial charge is 0.489 e. The minimum absolute atomic E-state index is 0.102. The number of halogens is 1. The summed E-state index contributed by atoms with van der Waals surface area (Å²) in [5.74, 6) is 0.405. The predicted octanol–water partition coefficient (Wildman–Crippen LogP) is 5.59. The number of rotatable bonds is 5. The number of anilines is 1. The number of benzene rings is 3. The summed E-state index contributed by atoms with van der Waals surface area (Å²) in [6, 6.07) is 27.3. The maximum atomic E-state index is 13.7. The minimum atomic E-state index is -0.366. The van der Waals surface area contributed by atoms with E-state index >= 15 is 0 Å². The Morgan fingerprint density at radius 2 is 1.67 bits per heavy atom. The first-order chi connectivity index (χ1) is 14.6. The lowest BCUT2D eigenvalue weighted by molar-refractivity contribution is 0.306. The SMILES string of the molecule is N#Cc1c(-c2cccc(OCc3ccccc3)c2)cc(-c2cccc(F)c2)nc1N. The summed E-state index contributed by atoms with van der Waals surface area (Å²) in [6.07, 6.45) is 0. The molecule has 0 aliphatic carbocycles. The molecular formula is C25H18FN3O. The van der Waals surface area contributed by atoms with Gasteiger partial charge >= 0.3 is 0 Å². The van der Waals surface area contributed by atoms with Crippen LogP contribution in [0.4, 0.5) is 10.2 Å². The van der Waals surface area contributed by atoms with Crippen molar-refractivity contribution in [1.82, 2.24) is 4.98 Å². The van der Waals surface area contributed by atoms with E-state index in [2.05, 4.69) is 11.1 Å². The first kappa shape index (κ1) is 19.2. The zero-order valence-corrected chi connectivity index (χ0v) is 16.0. The zero-order chi connectivity index (χ0) is 20.9. The smallest absolute Gasteiger partial charge is 0.142 e. The van der Waals surface area contributed by atoms with Crippen LogP contribution in [0.25, 0.3) is 22.4 Å². The summed E-state index contributed by atoms with van der Waals surface area (Å²) in [6.45, 7) is 0.433. The van der Waals surface area contributed by atoms with Crippen molar-refractivity contribution in [1.29, 1.82) is 5.26 Å². The average molecular weight is 395 g/mol. The molecule has 30 heavy (non-hydrogen) atoms. The summed E-state index contributed by atoms with van der Waals surface area (Å²) in [7, 11) is 0. The van der Waals surface area contributed by atoms with Gasteiger partial charge in [0.05, 0.1) is 5.69 Å². The number of hydrogen-bond acceptors (Lipinski definition) is 4. The molecule has 0 bridgehead atoms. The first-order valence-electron chi connectivity index (χ1n) is 9.38. The quantitative estimate of drug-likeness (QED) is 0.478. The molecule has 5 heteroatoms. The first-order valence-corrected chi connectivity index (χ1v) is 9.38. The van der Waals surface area contributed by atoms with Gasteiger partial charge in [-0.2, -0.15) is 5.26 Å². The fourth-order valence-corrected chi connectivity index (χ4v) is 3.20. The van der Waals surface area contributed by atoms with Crippen molar-refractivity contribution in [3.8, 4) is 34.2 Å². The molecule has 0 saturated carbocycles. The van der Waals surface area contributed by atoms with Crippen molar-refractivity contribution in [2.24, 2.45) is 0 Å². The van der Waals surface area contributed by atoms with Gasteiger partial charge in [0.2, 0.25) is 0 Å². The highest BCUT2D eigenvalue weighted by molar-refractivity contribution is 5.80. The third kappa shape index (κ3) is 4.13. The van der Waals surface area contributed by atoms with Crippen molar-refractivity contribution in [3.63, 3.8) is 0 Å². The lowest BCUT2D eigenvalue weighted by Gasteiger charge is -2.12. The average Bonchev–Trinajstić information content (AvgIpc) is 2.78. The van der Waals surface area contributed by atoms with Crippen LogP contribution in [0.2, 0.25) is 0 Å². The molecule has 4 nitrogen and oxygen atoms in total. The zero-order valence-electron chi connectivity index (χ0n) is 16.0. The van der Waals surface area contributed by atoms with Crippen molar-refractivity contribution in [2.75, 3.05) is 5.73 Å². The van der Waals surface area contributed by atoms with E-state index < -0.39 is 0 Å². The van der Waals surface area contributed by atoms with Gasteiger partial charge in [0.25, 0.3) is 0 Å². The maximum Gasteiger partial charge on any atom is 0.142 e. The van der Waals surface area contributed by atoms with Crippen LogP contribution >= 0.6 is 0 Å². The van der Waals surface area contributed by atoms with Crippen LogP contribution in [-0.2, 0) is 6.61 Å². The molecule has 0 radical (unpaired) electrons. The second-order valence-corrected chi connectivity index (χ2v) is 6.74. The monoisotopic (exact) mass is 395 g/mol. The van der Waals surface area contributed by atoms with Gasteiger partial charge in [-0.3, -0.25) is 0 Å². The molecule has 0 amide bonds. The number of pyridine rings is 1. The molecule has 1 aromatic heterocycles. The van der Waals surface area contributed by atoms with Gasteiger partial charge in [-0.25, -0.2) is 9.37 Å². The molecule has 0 aliphatic rings. The lowest BCUT2D eigenvalue weighted by Crippen LogP contribution is -2.00. The number of nitriles is 1. The van der Waals surface area contributed by atoms with Crippen molar-refractivity contribution >= 4 is 5.82 Å². The Morgan fingerprint density at radius 1 is 0.900 bits per heavy atom. The van der Waals surface area contributed by atoms with Crippen LogP contribution in [0.3, 0.4) is 0 Å². The number of nitrogens with two attached hydrogens (primary N) is 1. The summed E-state index contributed by atoms with van der Waals surface area (Å²) >= 11 is 0. The highest BCUT2D eigenvalue weighted by Gasteiger charge is 2.14. The summed E-state index contributed by atoms with van der Waals surface area (Å²) in [5.41, 5.74) is 9.86. The molecule has 0 saturated heterocycles. The molecule has 0 spiro atoms. The number of aromatic nitrogens is 1. The van der Waals surface area contributed by atoms with Crippen molar-refractivity contribution in [2.45, 2.75) is 6.61 Å². The standard InChI is InChI=1S/C25H18FN3O/c26-20-10-4-9-19(12-20)24-14-22(23(15-27)25(28)29-24)18-8-5-11-21(13-18)30-16-17-6-2-1-3-7-17/h1-14H,16H2,(H2,28,29). The van der Waals surface area contributed by atoms with Crippen LogP contribution in [0, 0.1) is 17.1 Å². The molecular weight excluding hydrogens is 377 g/mol. The Bertz CT molecular complexity index is 1230. The highest BCUT2D eigenvalue weighted by atomic mass is 19.1. The number of nitrogens with zero attached hydrogens (tertiary/aromatic N) is 2. The fourth-order valence-electron chi connectivity index (χ4n) is 3.20. The second-order valence-electron chi connectivity index (χ2n) is 6.74. The van der Waals surface area contributed by atoms with Crippen LogP contribution in [-0.4, -0.2) is 4.98 Å². The number of nitrogen functional groups attached to an aromatic ring is 1. The van der Waals surface area contributed by atoms with Gasteiger partial charge in [-0.05, 0) is 41.5 Å². The predicted molar refractivity (Wildman–Crippen MR) is 115 cm³/mol. The van der Waals surface area contributed by atoms with E-state index in [0.717, 1.165) is 11.1 Å². The Morgan fingerprint density at radius 3 is 2.43 bits per heavy atom. The molecule has 0 unspecified atom stereocenters. The third-order valence-corrected chi connectivity index (χ3v) is 4.67. The van der Waals surface area contributed by atoms with E-state index in [-0.39, 0.29) is 17.2 Å². The van der Waals surface area contributed by atoms with Gasteiger partial charge in [0.1, 0.15) is 35.6 Å². The summed E-state index contributed by atoms with van der Waals surface area (Å²) in [5, 5.41) is 9.63. The molecule has 146 valence electrons. The van der Waals surface area contributed by atoms with Crippen LogP contribution in [0.1, 0.15) is 11.1 Å². The van der Waals surface area contributed by atoms with Gasteiger partial charge in [-0.1, -0.05) is 54.6 Å². The maximum absolute atomic E-state index is 13.7. The molecule has 0 atom stereocenters. The number of ether oxygens (including phenoxy) is 1. The number of hydrogen-bond donors (Lipinski definition) is 1. The second kappa shape index (κ2) is 8.46. The van der Waals surface area contributed by atoms with Gasteiger partial charge in [-0.15, -0.1) is 0 Å². The minimum Gasteiger partial charge on any atom is -0.489 e. The van der Waals surface area contributed by atoms with Crippen LogP contribution in [0.5, 0.6) is 5.75 Å². The van der Waals surface area contributed by atoms with E-state index in [4.69, 9.17) is 10.5 Å². The molecule has 2 N–H and O–H groups in total. The van der Waals surface area contributed by atoms with E-state index in [1.54, 1.807) is 18.2 Å². The Balaban J connectivity index is 1.71. The van der Waals surface area contributed by atoms with Crippen molar-refractivity contribution < 1.29 is 9.13 Å². The Kier molecular flexibility index (Phi) is 5.40. The van der Waals surface area contributed by atoms with E-state index in [0.29, 0.717) is 29.2 Å². The molecule has 0 fully saturated rings. The van der Waals surface area contributed by atoms with E-state index in [1.807, 2.05) is 54.6 Å². The van der Waals surface area contributed by atoms with Gasteiger partial charge in [0.15, 0.2) is 0 Å². The third-order valence-electron chi connectivity index (χ3n) is 4.67. The molecule has 0 aliphatic heterocycles. The van der Waals surface area contributed by atoms with Crippen molar-refractivity contribution in [3.05, 3.63) is 102 Å². The van der Waals surface area contributed by atoms with E-state index in [1.165, 1.54) is 12.1 Å². The van der Waals surface area contributed by atoms with Gasteiger partial charge in [0, 0.05) is 11.1 Å². The normalized spacial score (nSPS) is 10.4. The molecule has 3 aromatic carbocycles. The summed E-state index contributed by atoms with van der Waals surface area (Å²) in [4.78, 5) is 4.30. The van der Waals surface area contributed by atoms with Gasteiger partial charge < -0.3 is 10.5 Å². The summed E-state index contributed by atoms with van der Waals surface area (Å²) < 4.78 is 19.6. The Labute approximate surface area is 174 Å². The Hall–Kier alpha value is -4.17. The molecule has 4 rings (SSSR count). The van der Waals surface area contributed by atoms with Crippen LogP contribution in [0.15, 0.2) is 84.9 Å². The lowest BCUT2D eigenvalue weighted by atomic mass is 9.98. The fraction of sp³-hybridized carbons (Fsp3) is 0.0400. The highest BCUT2D eigenvalue weighted by Crippen LogP contribution is 2.33. The topological polar surface area (TPSA) is 71.9 Å². The van der Waals surface area contributed by atoms with Crippen LogP contribution < -0.4 is 10.5 Å². The van der Waals surface area contributed by atoms with E-state index in [9.17, 15) is 9.65 Å².